The molecule has 8 heteroatoms. The van der Waals surface area contributed by atoms with Gasteiger partial charge in [-0.1, -0.05) is 18.2 Å². The number of hydrogen-bond donors (Lipinski definition) is 2. The highest BCUT2D eigenvalue weighted by Gasteiger charge is 2.48. The van der Waals surface area contributed by atoms with Crippen LogP contribution in [0.1, 0.15) is 22.6 Å². The van der Waals surface area contributed by atoms with E-state index in [0.29, 0.717) is 5.56 Å². The predicted octanol–water partition coefficient (Wildman–Crippen LogP) is 3.92. The van der Waals surface area contributed by atoms with Gasteiger partial charge in [0, 0.05) is 29.6 Å². The van der Waals surface area contributed by atoms with Crippen molar-refractivity contribution in [1.82, 2.24) is 19.7 Å². The van der Waals surface area contributed by atoms with Crippen molar-refractivity contribution in [3.63, 3.8) is 0 Å². The Morgan fingerprint density at radius 3 is 2.72 bits per heavy atom. The first-order valence-electron chi connectivity index (χ1n) is 11.9. The number of fused-ring (bicyclic) bond motifs is 3. The molecule has 6 rings (SSSR count). The lowest BCUT2D eigenvalue weighted by Gasteiger charge is -2.26. The van der Waals surface area contributed by atoms with Crippen molar-refractivity contribution in [2.75, 3.05) is 0 Å². The van der Waals surface area contributed by atoms with Gasteiger partial charge >= 0.3 is 0 Å². The van der Waals surface area contributed by atoms with Gasteiger partial charge in [0.25, 0.3) is 5.91 Å². The van der Waals surface area contributed by atoms with Crippen molar-refractivity contribution in [2.24, 2.45) is 23.5 Å². The fourth-order valence-corrected chi connectivity index (χ4v) is 5.62. The third-order valence-corrected chi connectivity index (χ3v) is 7.37. The number of nitrogens with one attached hydrogen (secondary N) is 1. The Morgan fingerprint density at radius 2 is 1.92 bits per heavy atom. The molecule has 0 saturated heterocycles. The minimum atomic E-state index is -0.402. The zero-order valence-corrected chi connectivity index (χ0v) is 19.6. The van der Waals surface area contributed by atoms with Gasteiger partial charge < -0.3 is 11.1 Å². The van der Waals surface area contributed by atoms with Gasteiger partial charge in [0.1, 0.15) is 5.82 Å². The summed E-state index contributed by atoms with van der Waals surface area (Å²) in [5.74, 6) is -0.967. The van der Waals surface area contributed by atoms with Crippen molar-refractivity contribution in [3.8, 4) is 22.4 Å². The lowest BCUT2D eigenvalue weighted by molar-refractivity contribution is -0.123. The monoisotopic (exact) mass is 481 g/mol. The first-order valence-corrected chi connectivity index (χ1v) is 11.9. The highest BCUT2D eigenvalue weighted by atomic mass is 19.1. The van der Waals surface area contributed by atoms with E-state index in [1.54, 1.807) is 42.0 Å². The van der Waals surface area contributed by atoms with Crippen LogP contribution >= 0.6 is 0 Å². The van der Waals surface area contributed by atoms with E-state index in [1.165, 1.54) is 6.07 Å². The molecule has 2 amide bonds. The van der Waals surface area contributed by atoms with Crippen molar-refractivity contribution < 1.29 is 14.0 Å². The molecule has 3 N–H and O–H groups in total. The number of hydrogen-bond acceptors (Lipinski definition) is 4. The normalized spacial score (nSPS) is 22.3. The SMILES string of the molecule is Cc1cc(-c2ncccc2-c2ccn3c(C(=O)N[C@H]4[C@H](C(N)=O)[C@@H]5C=C[C@@H]4C5)ncc3c2)ccc1F. The fraction of sp³-hybridized carbons (Fsp3) is 0.214. The van der Waals surface area contributed by atoms with Crippen LogP contribution in [0.4, 0.5) is 4.39 Å². The smallest absolute Gasteiger partial charge is 0.287 e. The molecular weight excluding hydrogens is 457 g/mol. The molecule has 3 heterocycles. The van der Waals surface area contributed by atoms with Crippen LogP contribution in [0.15, 0.2) is 73.2 Å². The number of carbonyl (C=O) groups is 2. The summed E-state index contributed by atoms with van der Waals surface area (Å²) in [4.78, 5) is 34.1. The first kappa shape index (κ1) is 22.2. The second kappa shape index (κ2) is 8.41. The van der Waals surface area contributed by atoms with Crippen molar-refractivity contribution in [3.05, 3.63) is 90.4 Å². The van der Waals surface area contributed by atoms with E-state index in [2.05, 4.69) is 21.4 Å². The van der Waals surface area contributed by atoms with E-state index in [0.717, 1.165) is 34.3 Å². The number of carbonyl (C=O) groups excluding carboxylic acids is 2. The minimum absolute atomic E-state index is 0.0796. The fourth-order valence-electron chi connectivity index (χ4n) is 5.62. The van der Waals surface area contributed by atoms with Gasteiger partial charge in [-0.25, -0.2) is 9.37 Å². The van der Waals surface area contributed by atoms with Gasteiger partial charge in [-0.05, 0) is 72.7 Å². The van der Waals surface area contributed by atoms with Gasteiger partial charge in [-0.15, -0.1) is 0 Å². The molecule has 2 bridgehead atoms. The van der Waals surface area contributed by atoms with Crippen LogP contribution in [0.25, 0.3) is 27.9 Å². The molecule has 2 aliphatic rings. The Morgan fingerprint density at radius 1 is 1.08 bits per heavy atom. The van der Waals surface area contributed by atoms with Gasteiger partial charge in [0.2, 0.25) is 11.7 Å². The van der Waals surface area contributed by atoms with Gasteiger partial charge in [0.15, 0.2) is 0 Å². The summed E-state index contributed by atoms with van der Waals surface area (Å²) < 4.78 is 15.5. The number of pyridine rings is 2. The van der Waals surface area contributed by atoms with E-state index < -0.39 is 11.8 Å². The van der Waals surface area contributed by atoms with Crippen molar-refractivity contribution in [1.29, 1.82) is 0 Å². The van der Waals surface area contributed by atoms with Crippen LogP contribution in [0.5, 0.6) is 0 Å². The van der Waals surface area contributed by atoms with Crippen LogP contribution in [-0.4, -0.2) is 32.2 Å². The summed E-state index contributed by atoms with van der Waals surface area (Å²) in [5, 5.41) is 3.01. The molecule has 1 saturated carbocycles. The molecule has 7 nitrogen and oxygen atoms in total. The Bertz CT molecular complexity index is 1560. The molecule has 36 heavy (non-hydrogen) atoms. The summed E-state index contributed by atoms with van der Waals surface area (Å²) >= 11 is 0. The maximum absolute atomic E-state index is 13.8. The van der Waals surface area contributed by atoms with E-state index >= 15 is 0 Å². The molecule has 180 valence electrons. The molecule has 4 atom stereocenters. The number of amides is 2. The third-order valence-electron chi connectivity index (χ3n) is 7.37. The standard InChI is InChI=1S/C28H24FN5O2/c1-15-11-18(6-7-22(15)29)24-21(3-2-9-31-24)16-8-10-34-20(13-16)14-32-27(34)28(36)33-25-19-5-4-17(12-19)23(25)26(30)35/h2-11,13-14,17,19,23,25H,12H2,1H3,(H2,30,35)(H,33,36)/t17-,19-,23-,25-/m1/s1. The Balaban J connectivity index is 1.31. The number of aryl methyl sites for hydroxylation is 1. The second-order valence-electron chi connectivity index (χ2n) is 9.53. The molecule has 1 aromatic carbocycles. The molecule has 3 aromatic heterocycles. The average Bonchev–Trinajstić information content (AvgIpc) is 3.60. The van der Waals surface area contributed by atoms with E-state index in [-0.39, 0.29) is 35.4 Å². The number of halogens is 1. The Kier molecular flexibility index (Phi) is 5.17. The molecule has 0 spiro atoms. The number of imidazole rings is 1. The van der Waals surface area contributed by atoms with E-state index in [1.807, 2.05) is 30.3 Å². The Labute approximate surface area is 206 Å². The number of nitrogens with zero attached hydrogens (tertiary/aromatic N) is 3. The molecule has 0 aliphatic heterocycles. The van der Waals surface area contributed by atoms with Gasteiger partial charge in [-0.2, -0.15) is 0 Å². The molecule has 4 aromatic rings. The summed E-state index contributed by atoms with van der Waals surface area (Å²) in [5.41, 5.74) is 10.3. The van der Waals surface area contributed by atoms with E-state index in [9.17, 15) is 14.0 Å². The van der Waals surface area contributed by atoms with Crippen molar-refractivity contribution >= 4 is 17.3 Å². The summed E-state index contributed by atoms with van der Waals surface area (Å²) in [6, 6.07) is 12.3. The van der Waals surface area contributed by atoms with Gasteiger partial charge in [-0.3, -0.25) is 19.0 Å². The summed E-state index contributed by atoms with van der Waals surface area (Å²) in [7, 11) is 0. The second-order valence-corrected chi connectivity index (χ2v) is 9.53. The topological polar surface area (TPSA) is 102 Å². The maximum atomic E-state index is 13.8. The van der Waals surface area contributed by atoms with Crippen LogP contribution in [-0.2, 0) is 4.79 Å². The van der Waals surface area contributed by atoms with Crippen LogP contribution in [0, 0.1) is 30.5 Å². The zero-order valence-electron chi connectivity index (χ0n) is 19.6. The Hall–Kier alpha value is -4.33. The first-order chi connectivity index (χ1) is 17.4. The van der Waals surface area contributed by atoms with Gasteiger partial charge in [0.05, 0.1) is 23.3 Å². The quantitative estimate of drug-likeness (QED) is 0.422. The lowest BCUT2D eigenvalue weighted by atomic mass is 9.88. The van der Waals surface area contributed by atoms with E-state index in [4.69, 9.17) is 5.73 Å². The third kappa shape index (κ3) is 3.57. The highest BCUT2D eigenvalue weighted by molar-refractivity contribution is 5.93. The number of allylic oxidation sites excluding steroid dienone is 1. The number of nitrogens with two attached hydrogens (primary N) is 1. The molecule has 1 fully saturated rings. The summed E-state index contributed by atoms with van der Waals surface area (Å²) in [6.45, 7) is 1.73. The van der Waals surface area contributed by atoms with Crippen LogP contribution < -0.4 is 11.1 Å². The molecule has 2 aliphatic carbocycles. The maximum Gasteiger partial charge on any atom is 0.287 e. The highest BCUT2D eigenvalue weighted by Crippen LogP contribution is 2.43. The van der Waals surface area contributed by atoms with Crippen LogP contribution in [0.2, 0.25) is 0 Å². The zero-order chi connectivity index (χ0) is 25.0. The number of aromatic nitrogens is 3. The largest absolute Gasteiger partial charge is 0.369 e. The minimum Gasteiger partial charge on any atom is -0.369 e. The lowest BCUT2D eigenvalue weighted by Crippen LogP contribution is -2.48. The predicted molar refractivity (Wildman–Crippen MR) is 133 cm³/mol. The van der Waals surface area contributed by atoms with Crippen molar-refractivity contribution in [2.45, 2.75) is 19.4 Å². The average molecular weight is 482 g/mol. The van der Waals surface area contributed by atoms with Crippen LogP contribution in [0.3, 0.4) is 0 Å². The number of benzene rings is 1. The molecular formula is C28H24FN5O2. The molecule has 0 unspecified atom stereocenters. The number of rotatable bonds is 5. The number of primary amides is 1. The molecule has 0 radical (unpaired) electrons. The summed E-state index contributed by atoms with van der Waals surface area (Å²) in [6.07, 6.45) is 10.1.